The van der Waals surface area contributed by atoms with Crippen LogP contribution in [0.25, 0.3) is 0 Å². The lowest BCUT2D eigenvalue weighted by molar-refractivity contribution is -0.131. The summed E-state index contributed by atoms with van der Waals surface area (Å²) in [5, 5.41) is 0.506. The molecule has 1 amide bonds. The number of carbonyl (C=O) groups excluding carboxylic acids is 1. The molecule has 3 atom stereocenters. The summed E-state index contributed by atoms with van der Waals surface area (Å²) in [6.45, 7) is 0.445. The van der Waals surface area contributed by atoms with Crippen LogP contribution in [0, 0.1) is 0 Å². The summed E-state index contributed by atoms with van der Waals surface area (Å²) in [4.78, 5) is 14.0. The number of hydrogen-bond donors (Lipinski definition) is 0. The molecule has 3 aliphatic rings. The van der Waals surface area contributed by atoms with E-state index in [1.807, 2.05) is 26.5 Å². The van der Waals surface area contributed by atoms with Crippen molar-refractivity contribution >= 4 is 37.3 Å². The van der Waals surface area contributed by atoms with Crippen LogP contribution >= 0.6 is 21.6 Å². The number of carbonyl (C=O) groups is 1. The molecule has 0 aromatic rings. The van der Waals surface area contributed by atoms with Crippen LogP contribution in [0.1, 0.15) is 38.5 Å². The highest BCUT2D eigenvalue weighted by molar-refractivity contribution is 8.77. The van der Waals surface area contributed by atoms with Crippen molar-refractivity contribution in [3.63, 3.8) is 0 Å². The number of fused-ring (bicyclic) bond motifs is 2. The zero-order valence-corrected chi connectivity index (χ0v) is 13.9. The van der Waals surface area contributed by atoms with Gasteiger partial charge in [0.05, 0.1) is 11.0 Å². The highest BCUT2D eigenvalue weighted by Crippen LogP contribution is 2.40. The average molecular weight is 336 g/mol. The molecule has 0 N–H and O–H groups in total. The summed E-state index contributed by atoms with van der Waals surface area (Å²) in [6, 6.07) is -0.0284. The van der Waals surface area contributed by atoms with Gasteiger partial charge in [0.2, 0.25) is 5.91 Å². The maximum Gasteiger partial charge on any atom is 0.222 e. The van der Waals surface area contributed by atoms with E-state index in [2.05, 4.69) is 0 Å². The number of unbranched alkanes of at least 4 members (excludes halogenated alkanes) is 1. The third-order valence-electron chi connectivity index (χ3n) is 4.52. The molecular formula is C13H21NO3S3. The molecule has 0 radical (unpaired) electrons. The minimum Gasteiger partial charge on any atom is -0.337 e. The predicted molar refractivity (Wildman–Crippen MR) is 84.6 cm³/mol. The molecule has 7 heteroatoms. The molecule has 4 nitrogen and oxygen atoms in total. The Morgan fingerprint density at radius 2 is 2.15 bits per heavy atom. The Labute approximate surface area is 128 Å². The van der Waals surface area contributed by atoms with Crippen molar-refractivity contribution in [1.29, 1.82) is 0 Å². The van der Waals surface area contributed by atoms with E-state index in [4.69, 9.17) is 0 Å². The van der Waals surface area contributed by atoms with Gasteiger partial charge in [0.25, 0.3) is 0 Å². The quantitative estimate of drug-likeness (QED) is 0.569. The highest BCUT2D eigenvalue weighted by Gasteiger charge is 2.49. The van der Waals surface area contributed by atoms with E-state index in [0.29, 0.717) is 19.4 Å². The van der Waals surface area contributed by atoms with Gasteiger partial charge in [-0.05, 0) is 25.7 Å². The standard InChI is InChI=1S/C13H21NO3S3/c15-13(4-2-1-3-11-5-6-18-19-11)14-8-12-7-10(14)9-20(12,16)17/h10-12H,1-9H2/t10-,11-,12+/m0/s1. The lowest BCUT2D eigenvalue weighted by atomic mass is 10.1. The van der Waals surface area contributed by atoms with Crippen molar-refractivity contribution in [1.82, 2.24) is 4.90 Å². The zero-order valence-electron chi connectivity index (χ0n) is 11.5. The topological polar surface area (TPSA) is 54.5 Å². The minimum atomic E-state index is -2.89. The van der Waals surface area contributed by atoms with Gasteiger partial charge in [0, 0.05) is 30.0 Å². The van der Waals surface area contributed by atoms with Crippen molar-refractivity contribution in [2.45, 2.75) is 55.1 Å². The summed E-state index contributed by atoms with van der Waals surface area (Å²) in [5.41, 5.74) is 0. The summed E-state index contributed by atoms with van der Waals surface area (Å²) in [7, 11) is 1.06. The van der Waals surface area contributed by atoms with Crippen LogP contribution in [0.15, 0.2) is 0 Å². The number of hydrogen-bond acceptors (Lipinski definition) is 5. The molecule has 114 valence electrons. The Hall–Kier alpha value is 0.120. The molecule has 0 aromatic carbocycles. The normalized spacial score (nSPS) is 34.8. The molecule has 3 fully saturated rings. The Balaban J connectivity index is 1.38. The van der Waals surface area contributed by atoms with E-state index < -0.39 is 9.84 Å². The molecule has 0 unspecified atom stereocenters. The number of likely N-dealkylation sites (tertiary alicyclic amines) is 1. The van der Waals surface area contributed by atoms with E-state index >= 15 is 0 Å². The van der Waals surface area contributed by atoms with Gasteiger partial charge in [-0.2, -0.15) is 0 Å². The Kier molecular flexibility index (Phi) is 4.57. The van der Waals surface area contributed by atoms with Crippen molar-refractivity contribution in [3.05, 3.63) is 0 Å². The van der Waals surface area contributed by atoms with E-state index in [9.17, 15) is 13.2 Å². The SMILES string of the molecule is O=C(CCCC[C@H]1CCSS1)N1C[C@H]2C[C@H]1CS2(=O)=O. The summed E-state index contributed by atoms with van der Waals surface area (Å²) < 4.78 is 23.3. The van der Waals surface area contributed by atoms with Gasteiger partial charge in [-0.1, -0.05) is 28.0 Å². The van der Waals surface area contributed by atoms with Crippen LogP contribution in [0.5, 0.6) is 0 Å². The summed E-state index contributed by atoms with van der Waals surface area (Å²) >= 11 is 0. The summed E-state index contributed by atoms with van der Waals surface area (Å²) in [6.07, 6.45) is 5.84. The fourth-order valence-electron chi connectivity index (χ4n) is 3.36. The predicted octanol–water partition coefficient (Wildman–Crippen LogP) is 2.10. The van der Waals surface area contributed by atoms with Gasteiger partial charge in [0.1, 0.15) is 0 Å². The Bertz CT molecular complexity index is 473. The van der Waals surface area contributed by atoms with Gasteiger partial charge in [0.15, 0.2) is 9.84 Å². The van der Waals surface area contributed by atoms with E-state index in [1.54, 1.807) is 0 Å². The van der Waals surface area contributed by atoms with Gasteiger partial charge >= 0.3 is 0 Å². The molecule has 2 bridgehead atoms. The molecular weight excluding hydrogens is 314 g/mol. The van der Waals surface area contributed by atoms with Crippen LogP contribution in [0.3, 0.4) is 0 Å². The van der Waals surface area contributed by atoms with Crippen LogP contribution in [-0.2, 0) is 14.6 Å². The molecule has 0 saturated carbocycles. The smallest absolute Gasteiger partial charge is 0.222 e. The first-order valence-electron chi connectivity index (χ1n) is 7.35. The first-order chi connectivity index (χ1) is 9.56. The van der Waals surface area contributed by atoms with Crippen LogP contribution < -0.4 is 0 Å². The van der Waals surface area contributed by atoms with E-state index in [-0.39, 0.29) is 23.0 Å². The molecule has 0 aliphatic carbocycles. The third kappa shape index (κ3) is 3.14. The van der Waals surface area contributed by atoms with Crippen LogP contribution in [0.2, 0.25) is 0 Å². The van der Waals surface area contributed by atoms with Crippen LogP contribution in [0.4, 0.5) is 0 Å². The number of nitrogens with zero attached hydrogens (tertiary/aromatic N) is 1. The van der Waals surface area contributed by atoms with Gasteiger partial charge < -0.3 is 4.90 Å². The Morgan fingerprint density at radius 3 is 2.75 bits per heavy atom. The molecule has 0 spiro atoms. The first-order valence-corrected chi connectivity index (χ1v) is 11.5. The van der Waals surface area contributed by atoms with Gasteiger partial charge in [-0.3, -0.25) is 4.79 Å². The van der Waals surface area contributed by atoms with Crippen LogP contribution in [-0.4, -0.2) is 53.8 Å². The third-order valence-corrected chi connectivity index (χ3v) is 9.74. The lowest BCUT2D eigenvalue weighted by Gasteiger charge is -2.27. The molecule has 3 rings (SSSR count). The fraction of sp³-hybridized carbons (Fsp3) is 0.923. The second kappa shape index (κ2) is 6.08. The number of amides is 1. The molecule has 20 heavy (non-hydrogen) atoms. The average Bonchev–Trinajstić information content (AvgIpc) is 3.07. The second-order valence-corrected chi connectivity index (χ2v) is 11.1. The maximum absolute atomic E-state index is 12.2. The highest BCUT2D eigenvalue weighted by atomic mass is 33.1. The van der Waals surface area contributed by atoms with Crippen molar-refractivity contribution in [3.8, 4) is 0 Å². The molecule has 3 aliphatic heterocycles. The van der Waals surface area contributed by atoms with E-state index in [1.165, 1.54) is 18.6 Å². The Morgan fingerprint density at radius 1 is 1.30 bits per heavy atom. The van der Waals surface area contributed by atoms with Gasteiger partial charge in [-0.25, -0.2) is 8.42 Å². The van der Waals surface area contributed by atoms with Crippen molar-refractivity contribution < 1.29 is 13.2 Å². The minimum absolute atomic E-state index is 0.0284. The number of sulfone groups is 1. The van der Waals surface area contributed by atoms with Crippen molar-refractivity contribution in [2.24, 2.45) is 0 Å². The zero-order chi connectivity index (χ0) is 14.2. The molecule has 3 saturated heterocycles. The fourth-order valence-corrected chi connectivity index (χ4v) is 8.41. The largest absolute Gasteiger partial charge is 0.337 e. The maximum atomic E-state index is 12.2. The molecule has 3 heterocycles. The summed E-state index contributed by atoms with van der Waals surface area (Å²) in [5.74, 6) is 1.62. The second-order valence-electron chi connectivity index (χ2n) is 5.96. The lowest BCUT2D eigenvalue weighted by Crippen LogP contribution is -2.43. The monoisotopic (exact) mass is 335 g/mol. The number of rotatable bonds is 5. The van der Waals surface area contributed by atoms with E-state index in [0.717, 1.165) is 18.1 Å². The van der Waals surface area contributed by atoms with Gasteiger partial charge in [-0.15, -0.1) is 0 Å². The van der Waals surface area contributed by atoms with Crippen molar-refractivity contribution in [2.75, 3.05) is 18.1 Å². The molecule has 0 aromatic heterocycles. The first kappa shape index (κ1) is 15.0.